The molecule has 2 saturated carbocycles. The van der Waals surface area contributed by atoms with E-state index < -0.39 is 42.2 Å². The summed E-state index contributed by atoms with van der Waals surface area (Å²) in [4.78, 5) is 64.8. The van der Waals surface area contributed by atoms with Crippen molar-refractivity contribution in [3.8, 4) is 5.75 Å². The van der Waals surface area contributed by atoms with Gasteiger partial charge in [0, 0.05) is 15.2 Å². The largest absolute Gasteiger partial charge is 0.456 e. The molecule has 2 bridgehead atoms. The van der Waals surface area contributed by atoms with Gasteiger partial charge in [0.05, 0.1) is 17.4 Å². The monoisotopic (exact) mass is 631 g/mol. The number of imide groups is 1. The van der Waals surface area contributed by atoms with Gasteiger partial charge in [-0.05, 0) is 61.6 Å². The molecule has 2 aromatic rings. The smallest absolute Gasteiger partial charge is 0.343 e. The van der Waals surface area contributed by atoms with Crippen LogP contribution in [0.1, 0.15) is 34.1 Å². The first-order valence-corrected chi connectivity index (χ1v) is 13.7. The van der Waals surface area contributed by atoms with Crippen LogP contribution in [-0.2, 0) is 19.1 Å². The maximum atomic E-state index is 13.1. The number of carbonyl (C=O) groups excluding carboxylic acids is 5. The van der Waals surface area contributed by atoms with Gasteiger partial charge < -0.3 is 9.47 Å². The van der Waals surface area contributed by atoms with Crippen LogP contribution in [0.25, 0.3) is 0 Å². The van der Waals surface area contributed by atoms with E-state index in [1.54, 1.807) is 30.3 Å². The van der Waals surface area contributed by atoms with Crippen molar-refractivity contribution >= 4 is 61.4 Å². The number of rotatable bonds is 7. The number of alkyl halides is 2. The zero-order chi connectivity index (χ0) is 26.4. The van der Waals surface area contributed by atoms with Crippen molar-refractivity contribution in [2.24, 2.45) is 23.7 Å². The number of ketones is 1. The SMILES string of the molecule is CC(C(=O)OCC(=O)c1ccc(OC(=O)c2ccccc2)cc1)N1C(=O)C2C3CC(C(Br)C3Br)C2C1=O. The number of ether oxygens (including phenoxy) is 2. The molecule has 8 nitrogen and oxygen atoms in total. The van der Waals surface area contributed by atoms with Crippen LogP contribution in [0, 0.1) is 23.7 Å². The number of Topliss-reactive ketones (excluding diaryl/α,β-unsaturated/α-hetero) is 1. The lowest BCUT2D eigenvalue weighted by atomic mass is 9.81. The quantitative estimate of drug-likeness (QED) is 0.150. The van der Waals surface area contributed by atoms with E-state index >= 15 is 0 Å². The molecule has 5 rings (SSSR count). The maximum absolute atomic E-state index is 13.1. The van der Waals surface area contributed by atoms with E-state index in [9.17, 15) is 24.0 Å². The molecule has 1 heterocycles. The molecular formula is C27H23Br2NO7. The summed E-state index contributed by atoms with van der Waals surface area (Å²) < 4.78 is 10.5. The van der Waals surface area contributed by atoms with Crippen LogP contribution in [0.4, 0.5) is 0 Å². The number of benzene rings is 2. The molecule has 0 N–H and O–H groups in total. The average molecular weight is 633 g/mol. The van der Waals surface area contributed by atoms with E-state index in [0.717, 1.165) is 11.3 Å². The van der Waals surface area contributed by atoms with E-state index in [1.807, 2.05) is 0 Å². The van der Waals surface area contributed by atoms with E-state index in [0.29, 0.717) is 5.56 Å². The number of amides is 2. The van der Waals surface area contributed by atoms with Crippen molar-refractivity contribution in [1.82, 2.24) is 4.90 Å². The van der Waals surface area contributed by atoms with Gasteiger partial charge in [-0.3, -0.25) is 19.3 Å². The number of hydrogen-bond donors (Lipinski definition) is 0. The molecule has 2 amide bonds. The van der Waals surface area contributed by atoms with Crippen molar-refractivity contribution in [2.75, 3.05) is 6.61 Å². The lowest BCUT2D eigenvalue weighted by Gasteiger charge is -2.28. The van der Waals surface area contributed by atoms with E-state index in [1.165, 1.54) is 31.2 Å². The minimum absolute atomic E-state index is 0.0422. The molecule has 3 aliphatic rings. The Bertz CT molecular complexity index is 1230. The van der Waals surface area contributed by atoms with Crippen LogP contribution < -0.4 is 4.74 Å². The fourth-order valence-electron chi connectivity index (χ4n) is 5.65. The molecule has 7 unspecified atom stereocenters. The molecule has 192 valence electrons. The van der Waals surface area contributed by atoms with Crippen molar-refractivity contribution in [3.05, 3.63) is 65.7 Å². The summed E-state index contributed by atoms with van der Waals surface area (Å²) in [6, 6.07) is 13.3. The Kier molecular flexibility index (Phi) is 7.06. The minimum Gasteiger partial charge on any atom is -0.456 e. The van der Waals surface area contributed by atoms with Crippen molar-refractivity contribution in [3.63, 3.8) is 0 Å². The van der Waals surface area contributed by atoms with Crippen LogP contribution in [0.15, 0.2) is 54.6 Å². The summed E-state index contributed by atoms with van der Waals surface area (Å²) in [7, 11) is 0. The second-order valence-electron chi connectivity index (χ2n) is 9.54. The van der Waals surface area contributed by atoms with Crippen LogP contribution in [0.2, 0.25) is 0 Å². The molecular weight excluding hydrogens is 610 g/mol. The zero-order valence-electron chi connectivity index (χ0n) is 19.7. The van der Waals surface area contributed by atoms with Gasteiger partial charge in [0.1, 0.15) is 11.8 Å². The summed E-state index contributed by atoms with van der Waals surface area (Å²) >= 11 is 7.28. The van der Waals surface area contributed by atoms with Crippen molar-refractivity contribution in [1.29, 1.82) is 0 Å². The van der Waals surface area contributed by atoms with Gasteiger partial charge in [0.2, 0.25) is 11.8 Å². The third-order valence-electron chi connectivity index (χ3n) is 7.49. The Morgan fingerprint density at radius 3 is 2.03 bits per heavy atom. The Labute approximate surface area is 229 Å². The van der Waals surface area contributed by atoms with Gasteiger partial charge in [-0.15, -0.1) is 0 Å². The topological polar surface area (TPSA) is 107 Å². The Morgan fingerprint density at radius 2 is 1.46 bits per heavy atom. The minimum atomic E-state index is -1.12. The molecule has 1 saturated heterocycles. The van der Waals surface area contributed by atoms with E-state index in [2.05, 4.69) is 31.9 Å². The van der Waals surface area contributed by atoms with Crippen molar-refractivity contribution in [2.45, 2.75) is 29.0 Å². The lowest BCUT2D eigenvalue weighted by molar-refractivity contribution is -0.157. The first-order chi connectivity index (χ1) is 17.7. The summed E-state index contributed by atoms with van der Waals surface area (Å²) in [6.07, 6.45) is 0.796. The second kappa shape index (κ2) is 10.1. The maximum Gasteiger partial charge on any atom is 0.343 e. The zero-order valence-corrected chi connectivity index (χ0v) is 22.9. The molecule has 7 atom stereocenters. The number of nitrogens with zero attached hydrogens (tertiary/aromatic N) is 1. The molecule has 1 aliphatic heterocycles. The summed E-state index contributed by atoms with van der Waals surface area (Å²) in [5.74, 6) is -3.01. The second-order valence-corrected chi connectivity index (χ2v) is 11.7. The van der Waals surface area contributed by atoms with Gasteiger partial charge >= 0.3 is 11.9 Å². The first-order valence-electron chi connectivity index (χ1n) is 11.9. The highest BCUT2D eigenvalue weighted by Gasteiger charge is 2.67. The summed E-state index contributed by atoms with van der Waals surface area (Å²) in [6.45, 7) is 0.895. The number of hydrogen-bond acceptors (Lipinski definition) is 7. The van der Waals surface area contributed by atoms with Gasteiger partial charge in [-0.1, -0.05) is 50.1 Å². The standard InChI is InChI=1S/C27H23Br2NO7/c1-13(30-24(32)20-17-11-18(21(20)25(30)33)23(29)22(17)28)26(34)36-12-19(31)14-7-9-16(10-8-14)37-27(35)15-5-3-2-4-6-15/h2-10,13,17-18,20-23H,11-12H2,1H3. The fourth-order valence-corrected chi connectivity index (χ4v) is 7.52. The molecule has 0 aromatic heterocycles. The molecule has 3 fully saturated rings. The molecule has 37 heavy (non-hydrogen) atoms. The molecule has 0 radical (unpaired) electrons. The number of carbonyl (C=O) groups is 5. The van der Waals surface area contributed by atoms with Gasteiger partial charge in [0.15, 0.2) is 12.4 Å². The van der Waals surface area contributed by atoms with E-state index in [-0.39, 0.29) is 44.6 Å². The Morgan fingerprint density at radius 1 is 0.892 bits per heavy atom. The normalized spacial score (nSPS) is 28.7. The number of esters is 2. The van der Waals surface area contributed by atoms with Gasteiger partial charge in [-0.25, -0.2) is 9.59 Å². The number of fused-ring (bicyclic) bond motifs is 5. The van der Waals surface area contributed by atoms with Crippen LogP contribution in [0.5, 0.6) is 5.75 Å². The number of likely N-dealkylation sites (tertiary alicyclic amines) is 1. The first kappa shape index (κ1) is 25.8. The summed E-state index contributed by atoms with van der Waals surface area (Å²) in [5.41, 5.74) is 0.653. The van der Waals surface area contributed by atoms with Gasteiger partial charge in [0.25, 0.3) is 0 Å². The molecule has 2 aromatic carbocycles. The molecule has 2 aliphatic carbocycles. The molecule has 10 heteroatoms. The lowest BCUT2D eigenvalue weighted by Crippen LogP contribution is -2.45. The Hall–Kier alpha value is -2.85. The average Bonchev–Trinajstić information content (AvgIpc) is 3.52. The number of halogens is 2. The fraction of sp³-hybridized carbons (Fsp3) is 0.370. The predicted octanol–water partition coefficient (Wildman–Crippen LogP) is 3.80. The van der Waals surface area contributed by atoms with Crippen LogP contribution in [0.3, 0.4) is 0 Å². The molecule has 0 spiro atoms. The third kappa shape index (κ3) is 4.54. The van der Waals surface area contributed by atoms with Crippen LogP contribution in [-0.4, -0.2) is 56.7 Å². The van der Waals surface area contributed by atoms with E-state index in [4.69, 9.17) is 9.47 Å². The highest BCUT2D eigenvalue weighted by Crippen LogP contribution is 2.60. The predicted molar refractivity (Wildman–Crippen MR) is 138 cm³/mol. The highest BCUT2D eigenvalue weighted by molar-refractivity contribution is 9.12. The third-order valence-corrected chi connectivity index (χ3v) is 10.7. The summed E-state index contributed by atoms with van der Waals surface area (Å²) in [5, 5.41) is 0. The van der Waals surface area contributed by atoms with Crippen LogP contribution >= 0.6 is 31.9 Å². The van der Waals surface area contributed by atoms with Gasteiger partial charge in [-0.2, -0.15) is 0 Å². The Balaban J connectivity index is 1.16. The van der Waals surface area contributed by atoms with Crippen molar-refractivity contribution < 1.29 is 33.4 Å². The highest BCUT2D eigenvalue weighted by atomic mass is 79.9.